The van der Waals surface area contributed by atoms with Crippen molar-refractivity contribution in [1.29, 1.82) is 0 Å². The van der Waals surface area contributed by atoms with E-state index < -0.39 is 24.4 Å². The SMILES string of the molecule is CC(C)(C)OC(=O)N1CCN(c2ccc(NC(=O)Nc3ccc(-c4nc(N5C[C@@H]6C[C@H]5CO6)c5cnn(CC(F)(F)F)c5n4)cc3)cc2)CC1. The molecule has 0 radical (unpaired) electrons. The average molecular weight is 694 g/mol. The van der Waals surface area contributed by atoms with Crippen LogP contribution in [0.25, 0.3) is 22.4 Å². The molecule has 2 bridgehead atoms. The van der Waals surface area contributed by atoms with Crippen molar-refractivity contribution in [3.63, 3.8) is 0 Å². The number of piperazine rings is 1. The van der Waals surface area contributed by atoms with Gasteiger partial charge in [0.15, 0.2) is 11.5 Å². The van der Waals surface area contributed by atoms with Crippen LogP contribution < -0.4 is 20.4 Å². The van der Waals surface area contributed by atoms with E-state index in [0.717, 1.165) is 16.8 Å². The maximum Gasteiger partial charge on any atom is 0.410 e. The largest absolute Gasteiger partial charge is 0.444 e. The maximum absolute atomic E-state index is 13.4. The van der Waals surface area contributed by atoms with Gasteiger partial charge >= 0.3 is 18.3 Å². The second kappa shape index (κ2) is 13.0. The normalized spacial score (nSPS) is 19.3. The Hall–Kier alpha value is -5.12. The Morgan fingerprint density at radius 3 is 2.18 bits per heavy atom. The number of morpholine rings is 1. The molecule has 3 saturated heterocycles. The first kappa shape index (κ1) is 33.4. The van der Waals surface area contributed by atoms with Gasteiger partial charge in [-0.15, -0.1) is 0 Å². The van der Waals surface area contributed by atoms with Crippen molar-refractivity contribution < 1.29 is 32.2 Å². The molecule has 0 unspecified atom stereocenters. The second-order valence-electron chi connectivity index (χ2n) is 13.7. The van der Waals surface area contributed by atoms with Crippen molar-refractivity contribution in [3.8, 4) is 11.4 Å². The summed E-state index contributed by atoms with van der Waals surface area (Å²) >= 11 is 0. The zero-order chi connectivity index (χ0) is 35.2. The first-order valence-corrected chi connectivity index (χ1v) is 16.5. The summed E-state index contributed by atoms with van der Waals surface area (Å²) in [5, 5.41) is 10.1. The van der Waals surface area contributed by atoms with Crippen molar-refractivity contribution in [3.05, 3.63) is 54.7 Å². The minimum atomic E-state index is -4.47. The number of halogens is 3. The van der Waals surface area contributed by atoms with Crippen LogP contribution >= 0.6 is 0 Å². The number of carbonyl (C=O) groups is 2. The minimum Gasteiger partial charge on any atom is -0.444 e. The molecule has 13 nitrogen and oxygen atoms in total. The number of fused-ring (bicyclic) bond motifs is 3. The lowest BCUT2D eigenvalue weighted by molar-refractivity contribution is -0.141. The van der Waals surface area contributed by atoms with Gasteiger partial charge in [0, 0.05) is 55.3 Å². The van der Waals surface area contributed by atoms with E-state index in [9.17, 15) is 22.8 Å². The van der Waals surface area contributed by atoms with Crippen LogP contribution in [0.5, 0.6) is 0 Å². The highest BCUT2D eigenvalue weighted by Crippen LogP contribution is 2.37. The molecule has 3 amide bonds. The van der Waals surface area contributed by atoms with E-state index in [-0.39, 0.29) is 29.7 Å². The zero-order valence-electron chi connectivity index (χ0n) is 27.9. The number of nitrogens with zero attached hydrogens (tertiary/aromatic N) is 7. The quantitative estimate of drug-likeness (QED) is 0.260. The molecule has 5 heterocycles. The fourth-order valence-corrected chi connectivity index (χ4v) is 6.46. The smallest absolute Gasteiger partial charge is 0.410 e. The van der Waals surface area contributed by atoms with E-state index >= 15 is 0 Å². The first-order valence-electron chi connectivity index (χ1n) is 16.5. The highest BCUT2D eigenvalue weighted by Gasteiger charge is 2.41. The highest BCUT2D eigenvalue weighted by atomic mass is 19.4. The Morgan fingerprint density at radius 2 is 1.60 bits per heavy atom. The molecule has 2 aromatic carbocycles. The van der Waals surface area contributed by atoms with E-state index in [1.54, 1.807) is 29.2 Å². The number of anilines is 4. The second-order valence-corrected chi connectivity index (χ2v) is 13.7. The van der Waals surface area contributed by atoms with Gasteiger partial charge < -0.3 is 34.8 Å². The van der Waals surface area contributed by atoms with E-state index in [2.05, 4.69) is 30.5 Å². The van der Waals surface area contributed by atoms with Crippen LogP contribution in [0.3, 0.4) is 0 Å². The zero-order valence-corrected chi connectivity index (χ0v) is 27.9. The summed E-state index contributed by atoms with van der Waals surface area (Å²) in [6.45, 7) is 7.82. The maximum atomic E-state index is 13.4. The Bertz CT molecular complexity index is 1870. The monoisotopic (exact) mass is 693 g/mol. The Balaban J connectivity index is 0.994. The molecule has 264 valence electrons. The number of aromatic nitrogens is 4. The molecular formula is C34H38F3N9O4. The predicted molar refractivity (Wildman–Crippen MR) is 181 cm³/mol. The Morgan fingerprint density at radius 1 is 0.940 bits per heavy atom. The molecule has 0 saturated carbocycles. The lowest BCUT2D eigenvalue weighted by atomic mass is 10.2. The number of urea groups is 1. The molecule has 2 aromatic heterocycles. The van der Waals surface area contributed by atoms with Crippen LogP contribution in [0.1, 0.15) is 27.2 Å². The van der Waals surface area contributed by atoms with Gasteiger partial charge in [0.1, 0.15) is 18.0 Å². The average Bonchev–Trinajstić information content (AvgIpc) is 3.81. The molecule has 3 aliphatic heterocycles. The number of nitrogens with one attached hydrogen (secondary N) is 2. The Kier molecular flexibility index (Phi) is 8.66. The third-order valence-corrected chi connectivity index (χ3v) is 8.80. The molecule has 50 heavy (non-hydrogen) atoms. The molecule has 16 heteroatoms. The van der Waals surface area contributed by atoms with Gasteiger partial charge in [0.25, 0.3) is 0 Å². The van der Waals surface area contributed by atoms with Gasteiger partial charge in [-0.2, -0.15) is 18.3 Å². The molecule has 0 spiro atoms. The van der Waals surface area contributed by atoms with Crippen molar-refractivity contribution >= 4 is 46.0 Å². The van der Waals surface area contributed by atoms with Gasteiger partial charge in [0.2, 0.25) is 0 Å². The molecule has 0 aliphatic carbocycles. The molecule has 3 aliphatic rings. The summed E-state index contributed by atoms with van der Waals surface area (Å²) in [4.78, 5) is 40.4. The number of amides is 3. The molecular weight excluding hydrogens is 655 g/mol. The van der Waals surface area contributed by atoms with Crippen LogP contribution in [-0.2, 0) is 16.0 Å². The number of alkyl halides is 3. The number of benzene rings is 2. The summed E-state index contributed by atoms with van der Waals surface area (Å²) in [6.07, 6.45) is -2.50. The highest BCUT2D eigenvalue weighted by molar-refractivity contribution is 6.00. The van der Waals surface area contributed by atoms with Gasteiger partial charge in [0.05, 0.1) is 30.3 Å². The van der Waals surface area contributed by atoms with Gasteiger partial charge in [-0.25, -0.2) is 24.2 Å². The lowest BCUT2D eigenvalue weighted by Gasteiger charge is -2.36. The van der Waals surface area contributed by atoms with Crippen molar-refractivity contribution in [2.75, 3.05) is 59.8 Å². The summed E-state index contributed by atoms with van der Waals surface area (Å²) in [6, 6.07) is 13.9. The van der Waals surface area contributed by atoms with Crippen molar-refractivity contribution in [1.82, 2.24) is 24.6 Å². The fourth-order valence-electron chi connectivity index (χ4n) is 6.46. The predicted octanol–water partition coefficient (Wildman–Crippen LogP) is 5.73. The number of hydrogen-bond acceptors (Lipinski definition) is 9. The molecule has 7 rings (SSSR count). The van der Waals surface area contributed by atoms with E-state index in [1.165, 1.54) is 6.20 Å². The van der Waals surface area contributed by atoms with Crippen molar-refractivity contribution in [2.45, 2.75) is 57.7 Å². The molecule has 4 aromatic rings. The number of ether oxygens (including phenoxy) is 2. The molecule has 2 atom stereocenters. The van der Waals surface area contributed by atoms with E-state index in [4.69, 9.17) is 14.5 Å². The molecule has 3 fully saturated rings. The van der Waals surface area contributed by atoms with Crippen LogP contribution in [0.2, 0.25) is 0 Å². The van der Waals surface area contributed by atoms with Crippen molar-refractivity contribution in [2.24, 2.45) is 0 Å². The van der Waals surface area contributed by atoms with Crippen LogP contribution in [0.4, 0.5) is 45.6 Å². The minimum absolute atomic E-state index is 0.0570. The van der Waals surface area contributed by atoms with E-state index in [0.29, 0.717) is 67.5 Å². The summed E-state index contributed by atoms with van der Waals surface area (Å²) in [5.74, 6) is 0.785. The summed E-state index contributed by atoms with van der Waals surface area (Å²) < 4.78 is 52.1. The fraction of sp³-hybridized carbons (Fsp3) is 0.441. The van der Waals surface area contributed by atoms with Gasteiger partial charge in [-0.05, 0) is 75.7 Å². The van der Waals surface area contributed by atoms with E-state index in [1.807, 2.05) is 45.0 Å². The van der Waals surface area contributed by atoms with Gasteiger partial charge in [-0.1, -0.05) is 0 Å². The Labute approximate surface area is 286 Å². The number of carbonyl (C=O) groups excluding carboxylic acids is 2. The van der Waals surface area contributed by atoms with Crippen LogP contribution in [0.15, 0.2) is 54.7 Å². The summed E-state index contributed by atoms with van der Waals surface area (Å²) in [7, 11) is 0. The third-order valence-electron chi connectivity index (χ3n) is 8.80. The number of hydrogen-bond donors (Lipinski definition) is 2. The third kappa shape index (κ3) is 7.39. The molecule has 2 N–H and O–H groups in total. The summed E-state index contributed by atoms with van der Waals surface area (Å²) in [5.41, 5.74) is 2.21. The standard InChI is InChI=1S/C34H38F3N9O4/c1-33(2,3)50-32(48)44-14-12-43(13-15-44)24-10-8-23(9-11-24)40-31(47)39-22-6-4-21(5-7-22)28-41-29(45-18-26-16-25(45)19-49-26)27-17-38-46(30(27)42-28)20-34(35,36)37/h4-11,17,25-26H,12-16,18-20H2,1-3H3,(H2,39,40,47)/t25-,26-/m0/s1. The number of rotatable bonds is 6. The van der Waals surface area contributed by atoms with Crippen LogP contribution in [-0.4, -0.2) is 100 Å². The van der Waals surface area contributed by atoms with Gasteiger partial charge in [-0.3, -0.25) is 0 Å². The lowest BCUT2D eigenvalue weighted by Crippen LogP contribution is -2.50. The first-order chi connectivity index (χ1) is 23.8. The topological polar surface area (TPSA) is 130 Å². The van der Waals surface area contributed by atoms with Crippen LogP contribution in [0, 0.1) is 0 Å².